The van der Waals surface area contributed by atoms with Gasteiger partial charge in [0.1, 0.15) is 6.07 Å². The zero-order valence-electron chi connectivity index (χ0n) is 12.5. The molecule has 3 rings (SSSR count). The minimum Gasteiger partial charge on any atom is -0.399 e. The number of quaternary nitrogens is 1. The van der Waals surface area contributed by atoms with Crippen LogP contribution in [0.4, 0.5) is 0 Å². The molecule has 1 heterocycles. The Balaban J connectivity index is 2.33. The van der Waals surface area contributed by atoms with E-state index in [2.05, 4.69) is 23.5 Å². The number of hydrogen-bond donors (Lipinski definition) is 2. The molecule has 112 valence electrons. The second-order valence-electron chi connectivity index (χ2n) is 5.85. The molecule has 5 heteroatoms. The van der Waals surface area contributed by atoms with Gasteiger partial charge in [-0.05, 0) is 17.2 Å². The normalized spacial score (nSPS) is 25.3. The van der Waals surface area contributed by atoms with E-state index in [9.17, 15) is 15.8 Å². The molecular weight excluding hydrogens is 286 g/mol. The topological polar surface area (TPSA) is 114 Å². The van der Waals surface area contributed by atoms with Gasteiger partial charge < -0.3 is 11.1 Å². The fraction of sp³-hybridized carbons (Fsp3) is 0.278. The molecule has 2 aliphatic rings. The van der Waals surface area contributed by atoms with Crippen molar-refractivity contribution in [3.05, 3.63) is 58.8 Å². The zero-order valence-corrected chi connectivity index (χ0v) is 12.5. The Kier molecular flexibility index (Phi) is 3.62. The standard InChI is InChI=1S/C18H15N5/c19-8-14-13-6-7-23-9-15(13)16(12-4-2-1-3-5-12)18(10-20,11-21)17(14)22/h1-6,15-16,23H,7,9,22H2/p+1. The van der Waals surface area contributed by atoms with Gasteiger partial charge in [0.05, 0.1) is 36.5 Å². The number of hydrogen-bond acceptors (Lipinski definition) is 4. The molecule has 0 aromatic heterocycles. The van der Waals surface area contributed by atoms with E-state index in [0.717, 1.165) is 24.2 Å². The van der Waals surface area contributed by atoms with Crippen molar-refractivity contribution < 1.29 is 5.32 Å². The third kappa shape index (κ3) is 2.01. The van der Waals surface area contributed by atoms with Crippen LogP contribution in [0.25, 0.3) is 0 Å². The minimum atomic E-state index is -1.51. The molecule has 0 saturated heterocycles. The first-order chi connectivity index (χ1) is 11.2. The second kappa shape index (κ2) is 5.61. The smallest absolute Gasteiger partial charge is 0.191 e. The van der Waals surface area contributed by atoms with E-state index in [1.54, 1.807) is 0 Å². The van der Waals surface area contributed by atoms with Crippen LogP contribution in [0.15, 0.2) is 53.3 Å². The van der Waals surface area contributed by atoms with E-state index < -0.39 is 5.41 Å². The minimum absolute atomic E-state index is 0.0765. The molecule has 0 spiro atoms. The van der Waals surface area contributed by atoms with Gasteiger partial charge in [-0.1, -0.05) is 30.3 Å². The van der Waals surface area contributed by atoms with Crippen LogP contribution in [0, 0.1) is 45.3 Å². The van der Waals surface area contributed by atoms with Gasteiger partial charge >= 0.3 is 0 Å². The molecule has 23 heavy (non-hydrogen) atoms. The summed E-state index contributed by atoms with van der Waals surface area (Å²) in [6.45, 7) is 1.51. The Morgan fingerprint density at radius 1 is 1.13 bits per heavy atom. The Hall–Kier alpha value is -3.07. The monoisotopic (exact) mass is 302 g/mol. The predicted octanol–water partition coefficient (Wildman–Crippen LogP) is 0.673. The van der Waals surface area contributed by atoms with Crippen molar-refractivity contribution >= 4 is 0 Å². The van der Waals surface area contributed by atoms with Crippen molar-refractivity contribution in [2.75, 3.05) is 13.1 Å². The Labute approximate surface area is 134 Å². The molecular formula is C18H16N5+. The lowest BCUT2D eigenvalue weighted by Crippen LogP contribution is -2.87. The van der Waals surface area contributed by atoms with Crippen LogP contribution in [-0.4, -0.2) is 13.1 Å². The van der Waals surface area contributed by atoms with Crippen molar-refractivity contribution in [1.29, 1.82) is 15.8 Å². The van der Waals surface area contributed by atoms with E-state index in [-0.39, 0.29) is 17.5 Å². The predicted molar refractivity (Wildman–Crippen MR) is 82.9 cm³/mol. The molecule has 1 aromatic rings. The Bertz CT molecular complexity index is 800. The maximum absolute atomic E-state index is 9.82. The number of benzene rings is 1. The summed E-state index contributed by atoms with van der Waals surface area (Å²) in [5, 5.41) is 31.3. The summed E-state index contributed by atoms with van der Waals surface area (Å²) in [4.78, 5) is 0. The first kappa shape index (κ1) is 14.9. The van der Waals surface area contributed by atoms with E-state index in [4.69, 9.17) is 5.73 Å². The van der Waals surface area contributed by atoms with Gasteiger partial charge in [0.2, 0.25) is 0 Å². The molecule has 5 nitrogen and oxygen atoms in total. The fourth-order valence-corrected chi connectivity index (χ4v) is 3.74. The average molecular weight is 302 g/mol. The quantitative estimate of drug-likeness (QED) is 0.793. The summed E-state index contributed by atoms with van der Waals surface area (Å²) in [5.41, 5.74) is 6.84. The van der Waals surface area contributed by atoms with E-state index in [1.807, 2.05) is 36.4 Å². The first-order valence-corrected chi connectivity index (χ1v) is 7.49. The fourth-order valence-electron chi connectivity index (χ4n) is 3.74. The summed E-state index contributed by atoms with van der Waals surface area (Å²) in [6.07, 6.45) is 1.99. The van der Waals surface area contributed by atoms with Gasteiger partial charge in [-0.3, -0.25) is 0 Å². The molecule has 1 aromatic carbocycles. The molecule has 0 radical (unpaired) electrons. The summed E-state index contributed by atoms with van der Waals surface area (Å²) in [7, 11) is 0. The third-order valence-corrected chi connectivity index (χ3v) is 4.80. The van der Waals surface area contributed by atoms with Crippen molar-refractivity contribution in [3.63, 3.8) is 0 Å². The van der Waals surface area contributed by atoms with Gasteiger partial charge in [-0.2, -0.15) is 15.8 Å². The van der Waals surface area contributed by atoms with Gasteiger partial charge in [-0.25, -0.2) is 0 Å². The lowest BCUT2D eigenvalue weighted by molar-refractivity contribution is -0.654. The van der Waals surface area contributed by atoms with Gasteiger partial charge in [0, 0.05) is 11.8 Å². The van der Waals surface area contributed by atoms with Crippen molar-refractivity contribution in [3.8, 4) is 18.2 Å². The maximum Gasteiger partial charge on any atom is 0.191 e. The number of nitrogens with zero attached hydrogens (tertiary/aromatic N) is 3. The highest BCUT2D eigenvalue weighted by molar-refractivity contribution is 5.59. The lowest BCUT2D eigenvalue weighted by atomic mass is 9.58. The summed E-state index contributed by atoms with van der Waals surface area (Å²) < 4.78 is 0. The van der Waals surface area contributed by atoms with E-state index in [1.165, 1.54) is 0 Å². The highest BCUT2D eigenvalue weighted by atomic mass is 14.9. The van der Waals surface area contributed by atoms with Crippen LogP contribution in [0.5, 0.6) is 0 Å². The van der Waals surface area contributed by atoms with Gasteiger partial charge in [-0.15, -0.1) is 0 Å². The third-order valence-electron chi connectivity index (χ3n) is 4.80. The van der Waals surface area contributed by atoms with E-state index >= 15 is 0 Å². The number of fused-ring (bicyclic) bond motifs is 1. The average Bonchev–Trinajstić information content (AvgIpc) is 2.61. The van der Waals surface area contributed by atoms with Crippen LogP contribution < -0.4 is 11.1 Å². The van der Waals surface area contributed by atoms with Crippen LogP contribution in [-0.2, 0) is 0 Å². The summed E-state index contributed by atoms with van der Waals surface area (Å²) in [6, 6.07) is 15.9. The van der Waals surface area contributed by atoms with Crippen molar-refractivity contribution in [1.82, 2.24) is 0 Å². The second-order valence-corrected chi connectivity index (χ2v) is 5.85. The largest absolute Gasteiger partial charge is 0.399 e. The molecule has 0 amide bonds. The van der Waals surface area contributed by atoms with Crippen molar-refractivity contribution in [2.45, 2.75) is 5.92 Å². The van der Waals surface area contributed by atoms with Gasteiger partial charge in [0.25, 0.3) is 0 Å². The molecule has 1 aliphatic carbocycles. The molecule has 2 unspecified atom stereocenters. The SMILES string of the molecule is N#CC1=C(N)C(C#N)(C#N)C(c2ccccc2)C2C[NH2+]CC=C12. The maximum atomic E-state index is 9.82. The molecule has 4 N–H and O–H groups in total. The highest BCUT2D eigenvalue weighted by Crippen LogP contribution is 2.52. The van der Waals surface area contributed by atoms with Crippen LogP contribution in [0.1, 0.15) is 11.5 Å². The van der Waals surface area contributed by atoms with Gasteiger partial charge in [0.15, 0.2) is 5.41 Å². The first-order valence-electron chi connectivity index (χ1n) is 7.49. The summed E-state index contributed by atoms with van der Waals surface area (Å²) in [5.74, 6) is -0.453. The molecule has 1 aliphatic heterocycles. The number of rotatable bonds is 1. The number of allylic oxidation sites excluding steroid dienone is 2. The molecule has 0 fully saturated rings. The summed E-state index contributed by atoms with van der Waals surface area (Å²) >= 11 is 0. The lowest BCUT2D eigenvalue weighted by Gasteiger charge is -2.42. The molecule has 0 bridgehead atoms. The number of nitrogens with two attached hydrogens (primary N) is 2. The van der Waals surface area contributed by atoms with E-state index in [0.29, 0.717) is 5.57 Å². The molecule has 0 saturated carbocycles. The van der Waals surface area contributed by atoms with Crippen LogP contribution >= 0.6 is 0 Å². The Morgan fingerprint density at radius 3 is 2.43 bits per heavy atom. The highest BCUT2D eigenvalue weighted by Gasteiger charge is 2.54. The Morgan fingerprint density at radius 2 is 1.83 bits per heavy atom. The van der Waals surface area contributed by atoms with Crippen LogP contribution in [0.3, 0.4) is 0 Å². The number of nitriles is 3. The van der Waals surface area contributed by atoms with Crippen LogP contribution in [0.2, 0.25) is 0 Å². The van der Waals surface area contributed by atoms with Crippen molar-refractivity contribution in [2.24, 2.45) is 17.1 Å². The zero-order chi connectivity index (χ0) is 16.4. The molecule has 2 atom stereocenters.